The van der Waals surface area contributed by atoms with Gasteiger partial charge in [-0.1, -0.05) is 30.3 Å². The van der Waals surface area contributed by atoms with Gasteiger partial charge in [-0.3, -0.25) is 14.5 Å². The fourth-order valence-corrected chi connectivity index (χ4v) is 5.29. The summed E-state index contributed by atoms with van der Waals surface area (Å²) in [6, 6.07) is 10.5. The molecule has 3 N–H and O–H groups in total. The number of fused-ring (bicyclic) bond motifs is 1. The van der Waals surface area contributed by atoms with Gasteiger partial charge in [-0.05, 0) is 42.5 Å². The van der Waals surface area contributed by atoms with Crippen LogP contribution in [0.25, 0.3) is 0 Å². The number of esters is 2. The van der Waals surface area contributed by atoms with Gasteiger partial charge in [0.15, 0.2) is 5.78 Å². The van der Waals surface area contributed by atoms with E-state index in [9.17, 15) is 24.4 Å². The van der Waals surface area contributed by atoms with Gasteiger partial charge >= 0.3 is 11.9 Å². The van der Waals surface area contributed by atoms with Crippen LogP contribution in [0.2, 0.25) is 0 Å². The smallest absolute Gasteiger partial charge is 0.355 e. The molecule has 10 nitrogen and oxygen atoms in total. The van der Waals surface area contributed by atoms with Crippen molar-refractivity contribution in [2.45, 2.75) is 38.6 Å². The summed E-state index contributed by atoms with van der Waals surface area (Å²) in [5.74, 6) is -5.07. The Morgan fingerprint density at radius 2 is 1.80 bits per heavy atom. The molecule has 2 atom stereocenters. The molecule has 1 aliphatic carbocycles. The summed E-state index contributed by atoms with van der Waals surface area (Å²) in [6.07, 6.45) is 0.464. The number of nitrogens with zero attached hydrogens (tertiary/aromatic N) is 2. The van der Waals surface area contributed by atoms with Gasteiger partial charge in [0.25, 0.3) is 0 Å². The maximum absolute atomic E-state index is 15.4. The second kappa shape index (κ2) is 11.0. The van der Waals surface area contributed by atoms with E-state index in [4.69, 9.17) is 15.2 Å². The normalized spacial score (nSPS) is 18.6. The van der Waals surface area contributed by atoms with Crippen molar-refractivity contribution >= 4 is 29.3 Å². The van der Waals surface area contributed by atoms with Crippen molar-refractivity contribution in [2.24, 2.45) is 5.73 Å². The van der Waals surface area contributed by atoms with Crippen LogP contribution in [0.1, 0.15) is 46.3 Å². The lowest BCUT2D eigenvalue weighted by Crippen LogP contribution is -2.45. The van der Waals surface area contributed by atoms with Crippen LogP contribution in [-0.4, -0.2) is 43.9 Å². The number of benzene rings is 2. The number of nitrogens with two attached hydrogens (primary N) is 1. The molecule has 4 rings (SSSR count). The van der Waals surface area contributed by atoms with Crippen LogP contribution >= 0.6 is 0 Å². The van der Waals surface area contributed by atoms with Crippen molar-refractivity contribution in [2.75, 3.05) is 19.1 Å². The molecule has 2 aromatic rings. The quantitative estimate of drug-likeness (QED) is 0.539. The minimum Gasteiger partial charge on any atom is -0.466 e. The third-order valence-corrected chi connectivity index (χ3v) is 7.11. The predicted octanol–water partition coefficient (Wildman–Crippen LogP) is 2.67. The van der Waals surface area contributed by atoms with E-state index >= 15 is 4.39 Å². The highest BCUT2D eigenvalue weighted by Crippen LogP contribution is 2.45. The molecule has 2 aliphatic rings. The highest BCUT2D eigenvalue weighted by Gasteiger charge is 2.45. The van der Waals surface area contributed by atoms with Crippen LogP contribution in [0.5, 0.6) is 0 Å². The topological polar surface area (TPSA) is 152 Å². The number of hydrogen-bond acceptors (Lipinski definition) is 9. The van der Waals surface area contributed by atoms with Crippen LogP contribution in [0.15, 0.2) is 59.1 Å². The fourth-order valence-electron chi connectivity index (χ4n) is 5.29. The Morgan fingerprint density at radius 3 is 2.38 bits per heavy atom. The number of anilines is 1. The lowest BCUT2D eigenvalue weighted by Gasteiger charge is -2.38. The summed E-state index contributed by atoms with van der Waals surface area (Å²) in [7, 11) is 2.20. The van der Waals surface area contributed by atoms with Gasteiger partial charge in [0, 0.05) is 12.5 Å². The molecule has 0 spiro atoms. The zero-order valence-electron chi connectivity index (χ0n) is 22.3. The van der Waals surface area contributed by atoms with Crippen molar-refractivity contribution in [3.8, 4) is 6.07 Å². The summed E-state index contributed by atoms with van der Waals surface area (Å²) in [6.45, 7) is 2.79. The number of halogens is 1. The monoisotopic (exact) mass is 546 g/mol. The van der Waals surface area contributed by atoms with Crippen molar-refractivity contribution < 1.29 is 33.0 Å². The van der Waals surface area contributed by atoms with Crippen molar-refractivity contribution in [1.82, 2.24) is 5.32 Å². The average Bonchev–Trinajstić information content (AvgIpc) is 2.95. The summed E-state index contributed by atoms with van der Waals surface area (Å²) < 4.78 is 25.4. The average molecular weight is 547 g/mol. The first-order chi connectivity index (χ1) is 19.1. The number of rotatable bonds is 5. The van der Waals surface area contributed by atoms with Crippen LogP contribution in [0, 0.1) is 24.1 Å². The molecule has 0 fully saturated rings. The maximum Gasteiger partial charge on any atom is 0.355 e. The van der Waals surface area contributed by atoms with E-state index in [0.29, 0.717) is 11.1 Å². The van der Waals surface area contributed by atoms with Gasteiger partial charge in [-0.15, -0.1) is 0 Å². The molecule has 0 saturated carbocycles. The second-order valence-electron chi connectivity index (χ2n) is 9.35. The van der Waals surface area contributed by atoms with Gasteiger partial charge < -0.3 is 20.5 Å². The molecule has 0 aromatic heterocycles. The molecule has 2 unspecified atom stereocenters. The van der Waals surface area contributed by atoms with Crippen molar-refractivity contribution in [3.05, 3.63) is 87.1 Å². The lowest BCUT2D eigenvalue weighted by molar-refractivity contribution is -0.139. The van der Waals surface area contributed by atoms with Crippen LogP contribution < -0.4 is 16.0 Å². The van der Waals surface area contributed by atoms with Crippen LogP contribution in [0.3, 0.4) is 0 Å². The van der Waals surface area contributed by atoms with Gasteiger partial charge in [-0.2, -0.15) is 5.26 Å². The molecular formula is C29H27FN4O6. The highest BCUT2D eigenvalue weighted by atomic mass is 19.1. The molecule has 206 valence electrons. The van der Waals surface area contributed by atoms with E-state index in [0.717, 1.165) is 25.2 Å². The van der Waals surface area contributed by atoms with Crippen molar-refractivity contribution in [3.63, 3.8) is 0 Å². The molecule has 1 aliphatic heterocycles. The number of ether oxygens (including phenoxy) is 2. The number of nitriles is 1. The third-order valence-electron chi connectivity index (χ3n) is 7.11. The zero-order valence-corrected chi connectivity index (χ0v) is 22.3. The molecule has 40 heavy (non-hydrogen) atoms. The third kappa shape index (κ3) is 4.58. The van der Waals surface area contributed by atoms with Gasteiger partial charge in [0.2, 0.25) is 5.91 Å². The summed E-state index contributed by atoms with van der Waals surface area (Å²) in [5.41, 5.74) is 6.59. The van der Waals surface area contributed by atoms with E-state index in [1.165, 1.54) is 13.8 Å². The van der Waals surface area contributed by atoms with Gasteiger partial charge in [-0.25, -0.2) is 14.0 Å². The van der Waals surface area contributed by atoms with Crippen LogP contribution in [-0.2, 0) is 30.3 Å². The highest BCUT2D eigenvalue weighted by molar-refractivity contribution is 6.12. The molecular weight excluding hydrogens is 519 g/mol. The molecule has 0 radical (unpaired) electrons. The number of hydrogen-bond donors (Lipinski definition) is 2. The Hall–Kier alpha value is -4.98. The van der Waals surface area contributed by atoms with Gasteiger partial charge in [0.05, 0.1) is 49.1 Å². The summed E-state index contributed by atoms with van der Waals surface area (Å²) >= 11 is 0. The Balaban J connectivity index is 2.12. The predicted molar refractivity (Wildman–Crippen MR) is 141 cm³/mol. The largest absolute Gasteiger partial charge is 0.466 e. The SMILES string of the molecule is COC(=O)C1=C(C(=O)OC)N(c2cc(F)c(C)c3c2C(=O)C(NC(C)=O)CC3)C(N)=C(C#N)C1c1ccccc1. The first-order valence-electron chi connectivity index (χ1n) is 12.4. The zero-order chi connectivity index (χ0) is 29.3. The van der Waals surface area contributed by atoms with E-state index in [-0.39, 0.29) is 46.6 Å². The minimum atomic E-state index is -1.13. The Kier molecular flexibility index (Phi) is 7.72. The molecule has 1 heterocycles. The number of amides is 1. The van der Waals surface area contributed by atoms with Crippen molar-refractivity contribution in [1.29, 1.82) is 5.26 Å². The Bertz CT molecular complexity index is 1540. The van der Waals surface area contributed by atoms with Gasteiger partial charge in [0.1, 0.15) is 17.3 Å². The molecule has 2 aromatic carbocycles. The first-order valence-corrected chi connectivity index (χ1v) is 12.4. The number of carbonyl (C=O) groups is 4. The molecule has 11 heteroatoms. The second-order valence-corrected chi connectivity index (χ2v) is 9.35. The number of ketones is 1. The van der Waals surface area contributed by atoms with E-state index in [1.54, 1.807) is 30.3 Å². The summed E-state index contributed by atoms with van der Waals surface area (Å²) in [4.78, 5) is 53.2. The van der Waals surface area contributed by atoms with Crippen LogP contribution in [0.4, 0.5) is 10.1 Å². The Morgan fingerprint density at radius 1 is 1.15 bits per heavy atom. The number of carbonyl (C=O) groups excluding carboxylic acids is 4. The molecule has 0 bridgehead atoms. The number of Topliss-reactive ketones (excluding diaryl/α,β-unsaturated/α-hetero) is 1. The minimum absolute atomic E-state index is 0.00733. The molecule has 1 amide bonds. The first kappa shape index (κ1) is 28.0. The van der Waals surface area contributed by atoms with E-state index in [1.807, 2.05) is 6.07 Å². The van der Waals surface area contributed by atoms with E-state index in [2.05, 4.69) is 5.32 Å². The standard InChI is InChI=1S/C29H27FN4O6/c1-14-17-10-11-20(33-15(2)35)26(36)23(17)21(12-19(14)30)34-25(29(38)40-4)24(28(37)39-3)22(18(13-31)27(34)32)16-8-6-5-7-9-16/h5-9,12,20,22H,10-11,32H2,1-4H3,(H,33,35). The number of methoxy groups -OCH3 is 2. The number of allylic oxidation sites excluding steroid dienone is 1. The lowest BCUT2D eigenvalue weighted by atomic mass is 9.79. The number of nitrogens with one attached hydrogen (secondary N) is 1. The fraction of sp³-hybridized carbons (Fsp3) is 0.276. The summed E-state index contributed by atoms with van der Waals surface area (Å²) in [5, 5.41) is 12.9. The maximum atomic E-state index is 15.4. The Labute approximate surface area is 229 Å². The molecule has 0 saturated heterocycles. The van der Waals surface area contributed by atoms with E-state index < -0.39 is 47.1 Å².